The average Bonchev–Trinajstić information content (AvgIpc) is 3.28. The highest BCUT2D eigenvalue weighted by molar-refractivity contribution is 5.85. The smallest absolute Gasteiger partial charge is 0.339 e. The van der Waals surface area contributed by atoms with Crippen molar-refractivity contribution in [2.75, 3.05) is 14.2 Å². The van der Waals surface area contributed by atoms with E-state index in [9.17, 15) is 4.79 Å². The molecule has 1 fully saturated rings. The Morgan fingerprint density at radius 3 is 2.42 bits per heavy atom. The molecule has 164 valence electrons. The topological polar surface area (TPSA) is 48.7 Å². The Balaban J connectivity index is 1.78. The monoisotopic (exact) mass is 420 g/mol. The molecule has 1 aromatic heterocycles. The minimum atomic E-state index is -0.299. The first kappa shape index (κ1) is 21.5. The van der Waals surface area contributed by atoms with E-state index in [-0.39, 0.29) is 11.0 Å². The zero-order chi connectivity index (χ0) is 21.8. The molecule has 4 heteroatoms. The molecule has 0 bridgehead atoms. The third kappa shape index (κ3) is 4.21. The Labute approximate surface area is 184 Å². The molecule has 0 aliphatic heterocycles. The summed E-state index contributed by atoms with van der Waals surface area (Å²) in [6, 6.07) is 13.9. The number of unbranched alkanes of at least 4 members (excludes halogenated alkanes) is 1. The number of hydrogen-bond acceptors (Lipinski definition) is 4. The third-order valence-electron chi connectivity index (χ3n) is 6.86. The van der Waals surface area contributed by atoms with E-state index in [0.717, 1.165) is 22.4 Å². The van der Waals surface area contributed by atoms with Crippen LogP contribution in [0.25, 0.3) is 11.0 Å². The van der Waals surface area contributed by atoms with Crippen LogP contribution in [-0.4, -0.2) is 14.2 Å². The van der Waals surface area contributed by atoms with Crippen molar-refractivity contribution in [2.45, 2.75) is 63.7 Å². The highest BCUT2D eigenvalue weighted by Gasteiger charge is 2.35. The Morgan fingerprint density at radius 1 is 0.968 bits per heavy atom. The SMILES string of the molecule is CCCCC1(c2cc(OC)c3cc(Cc4ccccc4OC)c(=O)oc3c2)CCCC1. The van der Waals surface area contributed by atoms with Crippen molar-refractivity contribution >= 4 is 11.0 Å². The number of hydrogen-bond donors (Lipinski definition) is 0. The van der Waals surface area contributed by atoms with E-state index < -0.39 is 0 Å². The largest absolute Gasteiger partial charge is 0.496 e. The predicted molar refractivity (Wildman–Crippen MR) is 125 cm³/mol. The lowest BCUT2D eigenvalue weighted by molar-refractivity contribution is 0.383. The quantitative estimate of drug-likeness (QED) is 0.396. The van der Waals surface area contributed by atoms with Gasteiger partial charge in [0, 0.05) is 12.0 Å². The lowest BCUT2D eigenvalue weighted by Gasteiger charge is -2.30. The molecule has 3 aromatic rings. The summed E-state index contributed by atoms with van der Waals surface area (Å²) in [6.07, 6.45) is 8.92. The van der Waals surface area contributed by atoms with Crippen molar-refractivity contribution in [3.05, 3.63) is 69.6 Å². The van der Waals surface area contributed by atoms with Gasteiger partial charge >= 0.3 is 5.63 Å². The van der Waals surface area contributed by atoms with Crippen molar-refractivity contribution in [2.24, 2.45) is 0 Å². The van der Waals surface area contributed by atoms with Crippen LogP contribution >= 0.6 is 0 Å². The van der Waals surface area contributed by atoms with Crippen LogP contribution in [0, 0.1) is 0 Å². The molecule has 0 spiro atoms. The Bertz CT molecular complexity index is 1110. The normalized spacial score (nSPS) is 15.3. The van der Waals surface area contributed by atoms with Gasteiger partial charge in [-0.1, -0.05) is 50.8 Å². The molecule has 2 aromatic carbocycles. The predicted octanol–water partition coefficient (Wildman–Crippen LogP) is 6.40. The van der Waals surface area contributed by atoms with E-state index >= 15 is 0 Å². The molecule has 0 unspecified atom stereocenters. The average molecular weight is 421 g/mol. The van der Waals surface area contributed by atoms with Gasteiger partial charge in [0.2, 0.25) is 0 Å². The van der Waals surface area contributed by atoms with Gasteiger partial charge in [-0.2, -0.15) is 0 Å². The van der Waals surface area contributed by atoms with Gasteiger partial charge < -0.3 is 13.9 Å². The van der Waals surface area contributed by atoms with E-state index in [4.69, 9.17) is 13.9 Å². The van der Waals surface area contributed by atoms with Crippen molar-refractivity contribution < 1.29 is 13.9 Å². The van der Waals surface area contributed by atoms with E-state index in [1.54, 1.807) is 14.2 Å². The van der Waals surface area contributed by atoms with Gasteiger partial charge in [0.1, 0.15) is 17.1 Å². The number of methoxy groups -OCH3 is 2. The summed E-state index contributed by atoms with van der Waals surface area (Å²) >= 11 is 0. The van der Waals surface area contributed by atoms with Crippen molar-refractivity contribution in [3.63, 3.8) is 0 Å². The van der Waals surface area contributed by atoms with Crippen LogP contribution < -0.4 is 15.1 Å². The van der Waals surface area contributed by atoms with Crippen molar-refractivity contribution in [3.8, 4) is 11.5 Å². The molecule has 4 rings (SSSR count). The summed E-state index contributed by atoms with van der Waals surface area (Å²) in [6.45, 7) is 2.24. The maximum Gasteiger partial charge on any atom is 0.339 e. The standard InChI is InChI=1S/C27H32O4/c1-4-5-12-27(13-8-9-14-27)21-17-24(30-3)22-16-20(26(28)31-25(22)18-21)15-19-10-6-7-11-23(19)29-2/h6-7,10-11,16-18H,4-5,8-9,12-15H2,1-3H3. The molecule has 0 amide bonds. The molecule has 1 saturated carbocycles. The first-order valence-electron chi connectivity index (χ1n) is 11.4. The molecule has 0 atom stereocenters. The maximum absolute atomic E-state index is 12.9. The van der Waals surface area contributed by atoms with Crippen LogP contribution in [0.4, 0.5) is 0 Å². The van der Waals surface area contributed by atoms with Crippen LogP contribution in [0.1, 0.15) is 68.6 Å². The summed E-state index contributed by atoms with van der Waals surface area (Å²) in [5.41, 5.74) is 3.30. The number of fused-ring (bicyclic) bond motifs is 1. The fourth-order valence-electron chi connectivity index (χ4n) is 5.13. The Morgan fingerprint density at radius 2 is 1.71 bits per heavy atom. The lowest BCUT2D eigenvalue weighted by atomic mass is 9.74. The number of rotatable bonds is 8. The molecule has 1 aliphatic rings. The maximum atomic E-state index is 12.9. The fraction of sp³-hybridized carbons (Fsp3) is 0.444. The van der Waals surface area contributed by atoms with E-state index in [2.05, 4.69) is 19.1 Å². The van der Waals surface area contributed by atoms with Crippen molar-refractivity contribution in [1.82, 2.24) is 0 Å². The van der Waals surface area contributed by atoms with Crippen LogP contribution in [0.5, 0.6) is 11.5 Å². The molecule has 0 N–H and O–H groups in total. The highest BCUT2D eigenvalue weighted by Crippen LogP contribution is 2.47. The van der Waals surface area contributed by atoms with E-state index in [1.807, 2.05) is 30.3 Å². The second-order valence-electron chi connectivity index (χ2n) is 8.73. The van der Waals surface area contributed by atoms with Gasteiger partial charge in [0.05, 0.1) is 19.6 Å². The molecule has 0 radical (unpaired) electrons. The van der Waals surface area contributed by atoms with Gasteiger partial charge in [0.25, 0.3) is 0 Å². The first-order chi connectivity index (χ1) is 15.1. The molecular formula is C27H32O4. The van der Waals surface area contributed by atoms with Gasteiger partial charge in [-0.3, -0.25) is 0 Å². The fourth-order valence-corrected chi connectivity index (χ4v) is 5.13. The van der Waals surface area contributed by atoms with Gasteiger partial charge in [-0.25, -0.2) is 4.79 Å². The highest BCUT2D eigenvalue weighted by atomic mass is 16.5. The van der Waals surface area contributed by atoms with E-state index in [1.165, 1.54) is 50.5 Å². The summed E-state index contributed by atoms with van der Waals surface area (Å²) < 4.78 is 17.1. The van der Waals surface area contributed by atoms with Crippen LogP contribution in [-0.2, 0) is 11.8 Å². The second kappa shape index (κ2) is 9.17. The first-order valence-corrected chi connectivity index (χ1v) is 11.4. The summed E-state index contributed by atoms with van der Waals surface area (Å²) in [5, 5.41) is 0.847. The minimum Gasteiger partial charge on any atom is -0.496 e. The summed E-state index contributed by atoms with van der Waals surface area (Å²) in [7, 11) is 3.33. The molecule has 0 saturated heterocycles. The molecule has 31 heavy (non-hydrogen) atoms. The summed E-state index contributed by atoms with van der Waals surface area (Å²) in [5.74, 6) is 1.55. The number of para-hydroxylation sites is 1. The minimum absolute atomic E-state index is 0.173. The zero-order valence-electron chi connectivity index (χ0n) is 18.8. The number of benzene rings is 2. The third-order valence-corrected chi connectivity index (χ3v) is 6.86. The van der Waals surface area contributed by atoms with Crippen LogP contribution in [0.15, 0.2) is 51.7 Å². The van der Waals surface area contributed by atoms with Crippen LogP contribution in [0.3, 0.4) is 0 Å². The van der Waals surface area contributed by atoms with E-state index in [0.29, 0.717) is 17.6 Å². The van der Waals surface area contributed by atoms with Gasteiger partial charge in [0.15, 0.2) is 0 Å². The molecule has 1 aliphatic carbocycles. The Kier molecular flexibility index (Phi) is 6.35. The number of ether oxygens (including phenoxy) is 2. The molecular weight excluding hydrogens is 388 g/mol. The Hall–Kier alpha value is -2.75. The van der Waals surface area contributed by atoms with Crippen LogP contribution in [0.2, 0.25) is 0 Å². The van der Waals surface area contributed by atoms with Gasteiger partial charge in [-0.05, 0) is 60.1 Å². The lowest BCUT2D eigenvalue weighted by Crippen LogP contribution is -2.22. The summed E-state index contributed by atoms with van der Waals surface area (Å²) in [4.78, 5) is 12.9. The molecule has 4 nitrogen and oxygen atoms in total. The zero-order valence-corrected chi connectivity index (χ0v) is 18.8. The van der Waals surface area contributed by atoms with Gasteiger partial charge in [-0.15, -0.1) is 0 Å². The molecule has 1 heterocycles. The second-order valence-corrected chi connectivity index (χ2v) is 8.73. The van der Waals surface area contributed by atoms with Crippen molar-refractivity contribution in [1.29, 1.82) is 0 Å².